The molecule has 2 N–H and O–H groups in total. The third kappa shape index (κ3) is 4.07. The molecule has 7 heteroatoms. The maximum absolute atomic E-state index is 5.37. The number of hydrogen-bond donors (Lipinski definition) is 2. The molecule has 2 aromatic carbocycles. The van der Waals surface area contributed by atoms with E-state index >= 15 is 0 Å². The Morgan fingerprint density at radius 1 is 0.962 bits per heavy atom. The topological polar surface area (TPSA) is 64.6 Å². The van der Waals surface area contributed by atoms with E-state index in [2.05, 4.69) is 15.8 Å². The Bertz CT molecular complexity index is 827. The predicted molar refractivity (Wildman–Crippen MR) is 104 cm³/mol. The number of rotatable bonds is 8. The molecule has 3 rings (SSSR count). The fourth-order valence-corrected chi connectivity index (χ4v) is 3.23. The number of nitrogens with zero attached hydrogens (tertiary/aromatic N) is 1. The fraction of sp³-hybridized carbons (Fsp3) is 0.211. The van der Waals surface area contributed by atoms with Crippen molar-refractivity contribution in [2.24, 2.45) is 0 Å². The lowest BCUT2D eigenvalue weighted by atomic mass is 10.2. The van der Waals surface area contributed by atoms with Gasteiger partial charge in [-0.2, -0.15) is 0 Å². The number of hydrazine groups is 1. The van der Waals surface area contributed by atoms with Crippen molar-refractivity contribution in [3.63, 3.8) is 0 Å². The lowest BCUT2D eigenvalue weighted by molar-refractivity contribution is 0.323. The number of methoxy groups -OCH3 is 3. The average Bonchev–Trinajstić information content (AvgIpc) is 3.16. The largest absolute Gasteiger partial charge is 0.493 e. The molecule has 0 spiro atoms. The van der Waals surface area contributed by atoms with Crippen LogP contribution in [0.4, 0.5) is 5.13 Å². The van der Waals surface area contributed by atoms with Crippen LogP contribution < -0.4 is 25.1 Å². The van der Waals surface area contributed by atoms with Gasteiger partial charge in [-0.05, 0) is 17.7 Å². The van der Waals surface area contributed by atoms with Gasteiger partial charge in [0.1, 0.15) is 0 Å². The van der Waals surface area contributed by atoms with Gasteiger partial charge < -0.3 is 14.2 Å². The van der Waals surface area contributed by atoms with Crippen LogP contribution in [0.1, 0.15) is 5.56 Å². The van der Waals surface area contributed by atoms with Gasteiger partial charge in [0.25, 0.3) is 0 Å². The molecule has 0 aliphatic carbocycles. The first-order chi connectivity index (χ1) is 12.7. The van der Waals surface area contributed by atoms with Crippen LogP contribution in [-0.2, 0) is 6.54 Å². The molecule has 0 amide bonds. The Labute approximate surface area is 156 Å². The second-order valence-electron chi connectivity index (χ2n) is 5.42. The summed E-state index contributed by atoms with van der Waals surface area (Å²) in [5.74, 6) is 1.84. The zero-order valence-electron chi connectivity index (χ0n) is 14.9. The van der Waals surface area contributed by atoms with Crippen LogP contribution in [0.3, 0.4) is 0 Å². The minimum atomic E-state index is 0.566. The van der Waals surface area contributed by atoms with Crippen LogP contribution >= 0.6 is 11.3 Å². The SMILES string of the molecule is COc1cc(CNNc2nc(-c3ccccc3)cs2)cc(OC)c1OC. The molecule has 0 radical (unpaired) electrons. The molecule has 0 aliphatic rings. The van der Waals surface area contributed by atoms with E-state index in [0.29, 0.717) is 23.8 Å². The molecule has 0 bridgehead atoms. The van der Waals surface area contributed by atoms with Gasteiger partial charge in [-0.1, -0.05) is 30.3 Å². The van der Waals surface area contributed by atoms with Crippen LogP contribution in [0.15, 0.2) is 47.8 Å². The van der Waals surface area contributed by atoms with E-state index in [-0.39, 0.29) is 0 Å². The van der Waals surface area contributed by atoms with Crippen molar-refractivity contribution in [2.75, 3.05) is 26.8 Å². The van der Waals surface area contributed by atoms with Crippen LogP contribution in [0.5, 0.6) is 17.2 Å². The van der Waals surface area contributed by atoms with Crippen LogP contribution in [0.2, 0.25) is 0 Å². The lowest BCUT2D eigenvalue weighted by Gasteiger charge is -2.14. The quantitative estimate of drug-likeness (QED) is 0.585. The standard InChI is InChI=1S/C19H21N3O3S/c1-23-16-9-13(10-17(24-2)18(16)25-3)11-20-22-19-21-15(12-26-19)14-7-5-4-6-8-14/h4-10,12,20H,11H2,1-3H3,(H,21,22). The Balaban J connectivity index is 1.64. The van der Waals surface area contributed by atoms with E-state index in [4.69, 9.17) is 14.2 Å². The molecule has 3 aromatic rings. The summed E-state index contributed by atoms with van der Waals surface area (Å²) in [6, 6.07) is 13.9. The molecule has 1 heterocycles. The number of anilines is 1. The molecular weight excluding hydrogens is 350 g/mol. The summed E-state index contributed by atoms with van der Waals surface area (Å²) < 4.78 is 16.1. The van der Waals surface area contributed by atoms with Gasteiger partial charge in [0, 0.05) is 17.5 Å². The molecule has 0 unspecified atom stereocenters. The molecule has 0 atom stereocenters. The van der Waals surface area contributed by atoms with Crippen LogP contribution in [0, 0.1) is 0 Å². The molecule has 26 heavy (non-hydrogen) atoms. The second kappa shape index (κ2) is 8.55. The summed E-state index contributed by atoms with van der Waals surface area (Å²) in [5, 5.41) is 2.83. The van der Waals surface area contributed by atoms with Gasteiger partial charge in [0.15, 0.2) is 16.6 Å². The summed E-state index contributed by atoms with van der Waals surface area (Å²) in [5.41, 5.74) is 9.34. The van der Waals surface area contributed by atoms with Crippen molar-refractivity contribution in [1.29, 1.82) is 0 Å². The first-order valence-electron chi connectivity index (χ1n) is 8.04. The lowest BCUT2D eigenvalue weighted by Crippen LogP contribution is -2.20. The van der Waals surface area contributed by atoms with Crippen molar-refractivity contribution >= 4 is 16.5 Å². The third-order valence-electron chi connectivity index (χ3n) is 3.79. The first-order valence-corrected chi connectivity index (χ1v) is 8.91. The Morgan fingerprint density at radius 3 is 2.27 bits per heavy atom. The number of nitrogens with one attached hydrogen (secondary N) is 2. The van der Waals surface area contributed by atoms with Gasteiger partial charge in [-0.15, -0.1) is 11.3 Å². The van der Waals surface area contributed by atoms with Gasteiger partial charge in [-0.3, -0.25) is 5.43 Å². The van der Waals surface area contributed by atoms with E-state index in [1.165, 1.54) is 0 Å². The summed E-state index contributed by atoms with van der Waals surface area (Å²) in [7, 11) is 4.80. The van der Waals surface area contributed by atoms with E-state index in [9.17, 15) is 0 Å². The second-order valence-corrected chi connectivity index (χ2v) is 6.27. The predicted octanol–water partition coefficient (Wildman–Crippen LogP) is 3.95. The smallest absolute Gasteiger partial charge is 0.203 e. The highest BCUT2D eigenvalue weighted by Crippen LogP contribution is 2.38. The number of benzene rings is 2. The van der Waals surface area contributed by atoms with Crippen molar-refractivity contribution in [3.8, 4) is 28.5 Å². The van der Waals surface area contributed by atoms with E-state index < -0.39 is 0 Å². The number of hydrogen-bond acceptors (Lipinski definition) is 7. The van der Waals surface area contributed by atoms with Crippen LogP contribution in [0.25, 0.3) is 11.3 Å². The fourth-order valence-electron chi connectivity index (χ4n) is 2.53. The minimum Gasteiger partial charge on any atom is -0.493 e. The zero-order valence-corrected chi connectivity index (χ0v) is 15.7. The first kappa shape index (κ1) is 18.0. The third-order valence-corrected chi connectivity index (χ3v) is 4.54. The average molecular weight is 371 g/mol. The normalized spacial score (nSPS) is 10.4. The Hall–Kier alpha value is -2.77. The molecule has 0 saturated carbocycles. The van der Waals surface area contributed by atoms with Crippen molar-refractivity contribution in [3.05, 3.63) is 53.4 Å². The molecular formula is C19H21N3O3S. The van der Waals surface area contributed by atoms with Gasteiger partial charge in [-0.25, -0.2) is 10.4 Å². The van der Waals surface area contributed by atoms with E-state index in [1.54, 1.807) is 32.7 Å². The van der Waals surface area contributed by atoms with Crippen molar-refractivity contribution in [2.45, 2.75) is 6.54 Å². The number of aromatic nitrogens is 1. The summed E-state index contributed by atoms with van der Waals surface area (Å²) >= 11 is 1.55. The Morgan fingerprint density at radius 2 is 1.65 bits per heavy atom. The van der Waals surface area contributed by atoms with Gasteiger partial charge >= 0.3 is 0 Å². The number of thiazole rings is 1. The summed E-state index contributed by atoms with van der Waals surface area (Å²) in [6.07, 6.45) is 0. The minimum absolute atomic E-state index is 0.566. The van der Waals surface area contributed by atoms with Crippen molar-refractivity contribution < 1.29 is 14.2 Å². The maximum atomic E-state index is 5.37. The van der Waals surface area contributed by atoms with Gasteiger partial charge in [0.05, 0.1) is 27.0 Å². The highest BCUT2D eigenvalue weighted by Gasteiger charge is 2.13. The molecule has 0 aliphatic heterocycles. The monoisotopic (exact) mass is 371 g/mol. The highest BCUT2D eigenvalue weighted by molar-refractivity contribution is 7.14. The summed E-state index contributed by atoms with van der Waals surface area (Å²) in [4.78, 5) is 4.58. The molecule has 136 valence electrons. The van der Waals surface area contributed by atoms with Crippen molar-refractivity contribution in [1.82, 2.24) is 10.4 Å². The van der Waals surface area contributed by atoms with Gasteiger partial charge in [0.2, 0.25) is 5.75 Å². The van der Waals surface area contributed by atoms with Crippen LogP contribution in [-0.4, -0.2) is 26.3 Å². The van der Waals surface area contributed by atoms with E-state index in [1.807, 2.05) is 47.8 Å². The highest BCUT2D eigenvalue weighted by atomic mass is 32.1. The maximum Gasteiger partial charge on any atom is 0.203 e. The molecule has 1 aromatic heterocycles. The molecule has 0 saturated heterocycles. The Kier molecular flexibility index (Phi) is 5.93. The zero-order chi connectivity index (χ0) is 18.4. The molecule has 6 nitrogen and oxygen atoms in total. The number of ether oxygens (including phenoxy) is 3. The van der Waals surface area contributed by atoms with E-state index in [0.717, 1.165) is 22.0 Å². The summed E-state index contributed by atoms with van der Waals surface area (Å²) in [6.45, 7) is 0.566. The molecule has 0 fully saturated rings.